The van der Waals surface area contributed by atoms with Crippen molar-refractivity contribution in [3.63, 3.8) is 0 Å². The number of nitrogens with one attached hydrogen (secondary N) is 1. The van der Waals surface area contributed by atoms with Crippen molar-refractivity contribution in [3.8, 4) is 5.75 Å². The Kier molecular flexibility index (Phi) is 4.50. The Morgan fingerprint density at radius 1 is 1.23 bits per heavy atom. The highest BCUT2D eigenvalue weighted by Gasteiger charge is 2.25. The number of hydrogen-bond donors (Lipinski definition) is 1. The van der Waals surface area contributed by atoms with Gasteiger partial charge in [0.25, 0.3) is 5.91 Å². The molecule has 114 valence electrons. The highest BCUT2D eigenvalue weighted by Crippen LogP contribution is 2.20. The first-order valence-electron chi connectivity index (χ1n) is 6.99. The third-order valence-corrected chi connectivity index (χ3v) is 3.99. The third-order valence-electron chi connectivity index (χ3n) is 3.31. The van der Waals surface area contributed by atoms with Crippen molar-refractivity contribution < 1.29 is 19.1 Å². The quantitative estimate of drug-likeness (QED) is 0.695. The summed E-state index contributed by atoms with van der Waals surface area (Å²) in [5.74, 6) is -0.0908. The summed E-state index contributed by atoms with van der Waals surface area (Å²) in [5.41, 5.74) is 1.27. The van der Waals surface area contributed by atoms with Crippen molar-refractivity contribution in [1.29, 1.82) is 0 Å². The van der Waals surface area contributed by atoms with Gasteiger partial charge in [-0.3, -0.25) is 4.79 Å². The molecule has 0 radical (unpaired) electrons. The molecule has 1 fully saturated rings. The summed E-state index contributed by atoms with van der Waals surface area (Å²) in [6, 6.07) is 8.45. The van der Waals surface area contributed by atoms with Gasteiger partial charge in [0.05, 0.1) is 5.56 Å². The lowest BCUT2D eigenvalue weighted by Gasteiger charge is -2.10. The lowest BCUT2D eigenvalue weighted by Crippen LogP contribution is -2.24. The zero-order chi connectivity index (χ0) is 15.4. The fraction of sp³-hybridized carbons (Fsp3) is 0.250. The van der Waals surface area contributed by atoms with Crippen molar-refractivity contribution in [2.75, 3.05) is 11.9 Å². The normalized spacial score (nSPS) is 17.2. The van der Waals surface area contributed by atoms with Crippen LogP contribution in [-0.4, -0.2) is 24.6 Å². The van der Waals surface area contributed by atoms with Crippen LogP contribution < -0.4 is 10.1 Å². The van der Waals surface area contributed by atoms with Crippen LogP contribution in [0.5, 0.6) is 5.75 Å². The average Bonchev–Trinajstić information content (AvgIpc) is 3.23. The number of amides is 1. The monoisotopic (exact) mass is 317 g/mol. The molecule has 1 atom stereocenters. The van der Waals surface area contributed by atoms with Gasteiger partial charge < -0.3 is 14.8 Å². The molecule has 0 spiro atoms. The van der Waals surface area contributed by atoms with Crippen LogP contribution in [0.15, 0.2) is 41.1 Å². The lowest BCUT2D eigenvalue weighted by atomic mass is 10.2. The van der Waals surface area contributed by atoms with E-state index in [0.717, 1.165) is 6.42 Å². The summed E-state index contributed by atoms with van der Waals surface area (Å²) in [7, 11) is 0. The molecule has 1 aliphatic heterocycles. The van der Waals surface area contributed by atoms with Gasteiger partial charge in [0.2, 0.25) is 0 Å². The van der Waals surface area contributed by atoms with E-state index in [4.69, 9.17) is 9.47 Å². The van der Waals surface area contributed by atoms with Crippen LogP contribution in [0.3, 0.4) is 0 Å². The number of esters is 1. The SMILES string of the molecule is O=C(Nc1ccc(OC(=O)[C@H]2CCCO2)cc1)c1ccsc1. The first kappa shape index (κ1) is 14.7. The number of carbonyl (C=O) groups is 2. The summed E-state index contributed by atoms with van der Waals surface area (Å²) in [6.07, 6.45) is 1.12. The number of anilines is 1. The smallest absolute Gasteiger partial charge is 0.340 e. The number of rotatable bonds is 4. The Morgan fingerprint density at radius 2 is 2.05 bits per heavy atom. The van der Waals surface area contributed by atoms with Crippen LogP contribution in [0.1, 0.15) is 23.2 Å². The Bertz CT molecular complexity index is 645. The molecule has 3 rings (SSSR count). The molecule has 1 aliphatic rings. The number of hydrogen-bond acceptors (Lipinski definition) is 5. The van der Waals surface area contributed by atoms with Crippen LogP contribution in [0.2, 0.25) is 0 Å². The van der Waals surface area contributed by atoms with Crippen LogP contribution in [0.4, 0.5) is 5.69 Å². The van der Waals surface area contributed by atoms with Crippen molar-refractivity contribution in [1.82, 2.24) is 0 Å². The second-order valence-corrected chi connectivity index (χ2v) is 5.69. The summed E-state index contributed by atoms with van der Waals surface area (Å²) in [5, 5.41) is 6.42. The minimum Gasteiger partial charge on any atom is -0.425 e. The zero-order valence-electron chi connectivity index (χ0n) is 11.8. The number of thiophene rings is 1. The van der Waals surface area contributed by atoms with E-state index < -0.39 is 6.10 Å². The highest BCUT2D eigenvalue weighted by molar-refractivity contribution is 7.08. The molecule has 0 aliphatic carbocycles. The number of carbonyl (C=O) groups excluding carboxylic acids is 2. The minimum atomic E-state index is -0.460. The van der Waals surface area contributed by atoms with E-state index in [1.54, 1.807) is 35.7 Å². The van der Waals surface area contributed by atoms with E-state index in [-0.39, 0.29) is 11.9 Å². The molecule has 1 amide bonds. The fourth-order valence-corrected chi connectivity index (χ4v) is 2.78. The van der Waals surface area contributed by atoms with Gasteiger partial charge in [0.1, 0.15) is 5.75 Å². The summed E-state index contributed by atoms with van der Waals surface area (Å²) < 4.78 is 10.5. The van der Waals surface area contributed by atoms with E-state index >= 15 is 0 Å². The zero-order valence-corrected chi connectivity index (χ0v) is 12.6. The highest BCUT2D eigenvalue weighted by atomic mass is 32.1. The molecule has 22 heavy (non-hydrogen) atoms. The molecule has 0 bridgehead atoms. The second-order valence-electron chi connectivity index (χ2n) is 4.91. The first-order valence-corrected chi connectivity index (χ1v) is 7.93. The molecular formula is C16H15NO4S. The Morgan fingerprint density at radius 3 is 2.68 bits per heavy atom. The standard InChI is InChI=1S/C16H15NO4S/c18-15(11-7-9-22-10-11)17-12-3-5-13(6-4-12)21-16(19)14-2-1-8-20-14/h3-7,9-10,14H,1-2,8H2,(H,17,18)/t14-/m1/s1. The number of benzene rings is 1. The Hall–Kier alpha value is -2.18. The first-order chi connectivity index (χ1) is 10.7. The summed E-state index contributed by atoms with van der Waals surface area (Å²) in [6.45, 7) is 0.604. The largest absolute Gasteiger partial charge is 0.425 e. The van der Waals surface area contributed by atoms with Gasteiger partial charge in [-0.1, -0.05) is 0 Å². The van der Waals surface area contributed by atoms with E-state index in [1.165, 1.54) is 11.3 Å². The lowest BCUT2D eigenvalue weighted by molar-refractivity contribution is -0.144. The maximum atomic E-state index is 11.9. The molecular weight excluding hydrogens is 302 g/mol. The van der Waals surface area contributed by atoms with Crippen LogP contribution in [0, 0.1) is 0 Å². The minimum absolute atomic E-state index is 0.162. The van der Waals surface area contributed by atoms with E-state index in [1.807, 2.05) is 5.38 Å². The Labute approximate surface area is 131 Å². The number of ether oxygens (including phenoxy) is 2. The maximum absolute atomic E-state index is 11.9. The van der Waals surface area contributed by atoms with Crippen molar-refractivity contribution >= 4 is 28.9 Å². The molecule has 1 aromatic heterocycles. The molecule has 1 aromatic carbocycles. The van der Waals surface area contributed by atoms with Gasteiger partial charge >= 0.3 is 5.97 Å². The van der Waals surface area contributed by atoms with Gasteiger partial charge in [-0.2, -0.15) is 11.3 Å². The van der Waals surface area contributed by atoms with Crippen molar-refractivity contribution in [3.05, 3.63) is 46.7 Å². The predicted molar refractivity (Wildman–Crippen MR) is 83.3 cm³/mol. The van der Waals surface area contributed by atoms with E-state index in [0.29, 0.717) is 30.0 Å². The van der Waals surface area contributed by atoms with Gasteiger partial charge in [0, 0.05) is 17.7 Å². The van der Waals surface area contributed by atoms with E-state index in [2.05, 4.69) is 5.32 Å². The molecule has 1 saturated heterocycles. The third kappa shape index (κ3) is 3.52. The van der Waals surface area contributed by atoms with Gasteiger partial charge in [-0.25, -0.2) is 4.79 Å². The predicted octanol–water partition coefficient (Wildman–Crippen LogP) is 3.08. The van der Waals surface area contributed by atoms with Gasteiger partial charge in [-0.05, 0) is 48.6 Å². The van der Waals surface area contributed by atoms with Crippen LogP contribution in [0.25, 0.3) is 0 Å². The molecule has 0 unspecified atom stereocenters. The van der Waals surface area contributed by atoms with Gasteiger partial charge in [0.15, 0.2) is 6.10 Å². The van der Waals surface area contributed by atoms with Crippen LogP contribution in [-0.2, 0) is 9.53 Å². The van der Waals surface area contributed by atoms with Crippen molar-refractivity contribution in [2.45, 2.75) is 18.9 Å². The fourth-order valence-electron chi connectivity index (χ4n) is 2.15. The molecule has 6 heteroatoms. The molecule has 2 heterocycles. The maximum Gasteiger partial charge on any atom is 0.340 e. The van der Waals surface area contributed by atoms with Crippen molar-refractivity contribution in [2.24, 2.45) is 0 Å². The van der Waals surface area contributed by atoms with Gasteiger partial charge in [-0.15, -0.1) is 0 Å². The molecule has 0 saturated carbocycles. The average molecular weight is 317 g/mol. The summed E-state index contributed by atoms with van der Waals surface area (Å²) >= 11 is 1.47. The Balaban J connectivity index is 1.58. The molecule has 2 aromatic rings. The second kappa shape index (κ2) is 6.72. The topological polar surface area (TPSA) is 64.6 Å². The van der Waals surface area contributed by atoms with Crippen LogP contribution >= 0.6 is 11.3 Å². The molecule has 1 N–H and O–H groups in total. The molecule has 5 nitrogen and oxygen atoms in total. The summed E-state index contributed by atoms with van der Waals surface area (Å²) in [4.78, 5) is 23.7. The van der Waals surface area contributed by atoms with E-state index in [9.17, 15) is 9.59 Å².